The third-order valence-corrected chi connectivity index (χ3v) is 4.91. The third-order valence-electron chi connectivity index (χ3n) is 4.91. The van der Waals surface area contributed by atoms with Crippen LogP contribution in [0.4, 0.5) is 0 Å². The number of nitrogens with one attached hydrogen (secondary N) is 2. The van der Waals surface area contributed by atoms with Gasteiger partial charge in [-0.2, -0.15) is 0 Å². The first-order chi connectivity index (χ1) is 12.4. The predicted molar refractivity (Wildman–Crippen MR) is 105 cm³/mol. The molecule has 0 spiro atoms. The normalized spacial score (nSPS) is 12.2. The van der Waals surface area contributed by atoms with Crippen molar-refractivity contribution in [2.45, 2.75) is 40.7 Å². The zero-order valence-corrected chi connectivity index (χ0v) is 16.3. The first-order valence-corrected chi connectivity index (χ1v) is 9.17. The van der Waals surface area contributed by atoms with Crippen molar-refractivity contribution in [3.63, 3.8) is 0 Å². The van der Waals surface area contributed by atoms with Gasteiger partial charge in [0.05, 0.1) is 6.04 Å². The molecule has 0 saturated heterocycles. The number of benzene rings is 1. The van der Waals surface area contributed by atoms with Gasteiger partial charge in [-0.3, -0.25) is 14.5 Å². The number of aryl methyl sites for hydroxylation is 1. The Morgan fingerprint density at radius 3 is 2.23 bits per heavy atom. The van der Waals surface area contributed by atoms with Crippen LogP contribution >= 0.6 is 0 Å². The lowest BCUT2D eigenvalue weighted by molar-refractivity contribution is 0.0929. The molecule has 5 nitrogen and oxygen atoms in total. The second-order valence-corrected chi connectivity index (χ2v) is 6.54. The van der Waals surface area contributed by atoms with Gasteiger partial charge >= 0.3 is 0 Å². The van der Waals surface area contributed by atoms with Crippen molar-refractivity contribution in [3.8, 4) is 0 Å². The average molecular weight is 355 g/mol. The summed E-state index contributed by atoms with van der Waals surface area (Å²) >= 11 is 0. The van der Waals surface area contributed by atoms with Gasteiger partial charge in [0.25, 0.3) is 5.91 Å². The lowest BCUT2D eigenvalue weighted by atomic mass is 10.0. The van der Waals surface area contributed by atoms with Crippen molar-refractivity contribution >= 4 is 11.7 Å². The van der Waals surface area contributed by atoms with Gasteiger partial charge in [-0.05, 0) is 45.0 Å². The fraction of sp³-hybridized carbons (Fsp3) is 0.429. The van der Waals surface area contributed by atoms with Gasteiger partial charge in [0, 0.05) is 17.8 Å². The van der Waals surface area contributed by atoms with Crippen LogP contribution in [0, 0.1) is 13.8 Å². The number of aromatic nitrogens is 1. The monoisotopic (exact) mass is 355 g/mol. The molecular weight excluding hydrogens is 326 g/mol. The van der Waals surface area contributed by atoms with Gasteiger partial charge in [0.1, 0.15) is 5.69 Å². The lowest BCUT2D eigenvalue weighted by Gasteiger charge is -2.30. The summed E-state index contributed by atoms with van der Waals surface area (Å²) < 4.78 is 0. The van der Waals surface area contributed by atoms with Crippen LogP contribution in [0.1, 0.15) is 64.5 Å². The van der Waals surface area contributed by atoms with Crippen LogP contribution in [0.2, 0.25) is 0 Å². The largest absolute Gasteiger partial charge is 0.354 e. The highest BCUT2D eigenvalue weighted by atomic mass is 16.2. The number of rotatable bonds is 8. The van der Waals surface area contributed by atoms with Crippen molar-refractivity contribution in [1.29, 1.82) is 0 Å². The van der Waals surface area contributed by atoms with Gasteiger partial charge < -0.3 is 10.3 Å². The zero-order valence-electron chi connectivity index (χ0n) is 16.3. The topological polar surface area (TPSA) is 65.2 Å². The van der Waals surface area contributed by atoms with E-state index in [0.29, 0.717) is 23.4 Å². The summed E-state index contributed by atoms with van der Waals surface area (Å²) in [4.78, 5) is 29.9. The summed E-state index contributed by atoms with van der Waals surface area (Å²) in [6.07, 6.45) is 0. The third kappa shape index (κ3) is 4.22. The van der Waals surface area contributed by atoms with E-state index in [-0.39, 0.29) is 17.7 Å². The molecule has 0 bridgehead atoms. The number of ketones is 1. The number of H-pyrrole nitrogens is 1. The molecule has 0 aliphatic rings. The minimum absolute atomic E-state index is 0.0272. The fourth-order valence-electron chi connectivity index (χ4n) is 3.58. The van der Waals surface area contributed by atoms with Gasteiger partial charge in [-0.1, -0.05) is 44.2 Å². The SMILES string of the molecule is CCN(CC)C(CNC(=O)c1[nH]c(C)c(C(C)=O)c1C)c1ccccc1. The minimum Gasteiger partial charge on any atom is -0.354 e. The molecule has 140 valence electrons. The molecule has 1 unspecified atom stereocenters. The number of nitrogens with zero attached hydrogens (tertiary/aromatic N) is 1. The van der Waals surface area contributed by atoms with Crippen LogP contribution in [0.3, 0.4) is 0 Å². The number of aromatic amines is 1. The molecule has 0 aliphatic carbocycles. The van der Waals surface area contributed by atoms with Crippen molar-refractivity contribution < 1.29 is 9.59 Å². The molecule has 0 radical (unpaired) electrons. The molecule has 26 heavy (non-hydrogen) atoms. The smallest absolute Gasteiger partial charge is 0.268 e. The Hall–Kier alpha value is -2.40. The highest BCUT2D eigenvalue weighted by molar-refractivity contribution is 6.02. The maximum Gasteiger partial charge on any atom is 0.268 e. The summed E-state index contributed by atoms with van der Waals surface area (Å²) in [5.41, 5.74) is 3.72. The maximum atomic E-state index is 12.7. The van der Waals surface area contributed by atoms with Crippen LogP contribution < -0.4 is 5.32 Å². The Morgan fingerprint density at radius 2 is 1.73 bits per heavy atom. The molecule has 1 amide bonds. The molecule has 0 fully saturated rings. The molecule has 0 aliphatic heterocycles. The van der Waals surface area contributed by atoms with E-state index in [1.165, 1.54) is 12.5 Å². The highest BCUT2D eigenvalue weighted by Gasteiger charge is 2.22. The molecule has 1 aromatic carbocycles. The van der Waals surface area contributed by atoms with E-state index in [2.05, 4.69) is 41.2 Å². The average Bonchev–Trinajstić information content (AvgIpc) is 2.93. The minimum atomic E-state index is -0.175. The number of Topliss-reactive ketones (excluding diaryl/α,β-unsaturated/α-hetero) is 1. The molecule has 1 aromatic heterocycles. The maximum absolute atomic E-state index is 12.7. The van der Waals surface area contributed by atoms with E-state index in [1.807, 2.05) is 32.0 Å². The van der Waals surface area contributed by atoms with Gasteiger partial charge in [-0.15, -0.1) is 0 Å². The molecule has 2 aromatic rings. The standard InChI is InChI=1S/C21H29N3O2/c1-6-24(7-2)18(17-11-9-8-10-12-17)13-22-21(26)20-14(3)19(16(5)25)15(4)23-20/h8-12,18,23H,6-7,13H2,1-5H3,(H,22,26). The summed E-state index contributed by atoms with van der Waals surface area (Å²) in [6, 6.07) is 10.3. The fourth-order valence-corrected chi connectivity index (χ4v) is 3.58. The summed E-state index contributed by atoms with van der Waals surface area (Å²) in [5, 5.41) is 3.04. The number of likely N-dealkylation sites (N-methyl/N-ethyl adjacent to an activating group) is 1. The molecule has 0 saturated carbocycles. The Labute approximate surface area is 155 Å². The van der Waals surface area contributed by atoms with E-state index in [9.17, 15) is 9.59 Å². The number of hydrogen-bond donors (Lipinski definition) is 2. The number of amides is 1. The summed E-state index contributed by atoms with van der Waals surface area (Å²) in [7, 11) is 0. The molecule has 2 N–H and O–H groups in total. The van der Waals surface area contributed by atoms with Gasteiger partial charge in [0.2, 0.25) is 0 Å². The Kier molecular flexibility index (Phi) is 6.75. The Balaban J connectivity index is 2.20. The zero-order chi connectivity index (χ0) is 19.3. The van der Waals surface area contributed by atoms with Gasteiger partial charge in [-0.25, -0.2) is 0 Å². The first-order valence-electron chi connectivity index (χ1n) is 9.17. The molecular formula is C21H29N3O2. The highest BCUT2D eigenvalue weighted by Crippen LogP contribution is 2.21. The lowest BCUT2D eigenvalue weighted by Crippen LogP contribution is -2.38. The van der Waals surface area contributed by atoms with E-state index >= 15 is 0 Å². The molecule has 5 heteroatoms. The molecule has 1 heterocycles. The van der Waals surface area contributed by atoms with Crippen LogP contribution in [0.5, 0.6) is 0 Å². The summed E-state index contributed by atoms with van der Waals surface area (Å²) in [6.45, 7) is 11.7. The first kappa shape index (κ1) is 19.9. The van der Waals surface area contributed by atoms with Crippen molar-refractivity contribution in [1.82, 2.24) is 15.2 Å². The van der Waals surface area contributed by atoms with Crippen molar-refractivity contribution in [2.75, 3.05) is 19.6 Å². The van der Waals surface area contributed by atoms with Gasteiger partial charge in [0.15, 0.2) is 5.78 Å². The van der Waals surface area contributed by atoms with E-state index in [1.54, 1.807) is 0 Å². The Morgan fingerprint density at radius 1 is 1.12 bits per heavy atom. The second-order valence-electron chi connectivity index (χ2n) is 6.54. The van der Waals surface area contributed by atoms with Crippen LogP contribution in [0.25, 0.3) is 0 Å². The van der Waals surface area contributed by atoms with E-state index < -0.39 is 0 Å². The van der Waals surface area contributed by atoms with Crippen molar-refractivity contribution in [2.24, 2.45) is 0 Å². The number of carbonyl (C=O) groups excluding carboxylic acids is 2. The number of hydrogen-bond acceptors (Lipinski definition) is 3. The van der Waals surface area contributed by atoms with E-state index in [0.717, 1.165) is 18.8 Å². The Bertz CT molecular complexity index is 761. The van der Waals surface area contributed by atoms with Crippen LogP contribution in [-0.4, -0.2) is 41.2 Å². The van der Waals surface area contributed by atoms with Crippen molar-refractivity contribution in [3.05, 3.63) is 58.4 Å². The van der Waals surface area contributed by atoms with E-state index in [4.69, 9.17) is 0 Å². The predicted octanol–water partition coefficient (Wildman–Crippen LogP) is 3.65. The quantitative estimate of drug-likeness (QED) is 0.711. The summed E-state index contributed by atoms with van der Waals surface area (Å²) in [5.74, 6) is -0.202. The molecule has 2 rings (SSSR count). The second kappa shape index (κ2) is 8.81. The molecule has 1 atom stereocenters. The van der Waals surface area contributed by atoms with Crippen LogP contribution in [0.15, 0.2) is 30.3 Å². The number of carbonyl (C=O) groups is 2. The van der Waals surface area contributed by atoms with Crippen LogP contribution in [-0.2, 0) is 0 Å².